The molecule has 0 aliphatic carbocycles. The molecular weight excluding hydrogens is 323 g/mol. The van der Waals surface area contributed by atoms with E-state index in [9.17, 15) is 0 Å². The van der Waals surface area contributed by atoms with E-state index < -0.39 is 0 Å². The molecule has 0 fully saturated rings. The number of nitrogens with one attached hydrogen (secondary N) is 1. The van der Waals surface area contributed by atoms with Crippen LogP contribution in [0.15, 0.2) is 36.4 Å². The van der Waals surface area contributed by atoms with E-state index in [0.717, 1.165) is 16.6 Å². The van der Waals surface area contributed by atoms with Crippen LogP contribution in [0.3, 0.4) is 0 Å². The summed E-state index contributed by atoms with van der Waals surface area (Å²) in [7, 11) is 0. The summed E-state index contributed by atoms with van der Waals surface area (Å²) in [5.41, 5.74) is 4.32. The van der Waals surface area contributed by atoms with Crippen LogP contribution in [0.1, 0.15) is 24.1 Å². The van der Waals surface area contributed by atoms with Gasteiger partial charge in [-0.25, -0.2) is 0 Å². The number of hydrogen-bond donors (Lipinski definition) is 1. The van der Waals surface area contributed by atoms with E-state index in [1.165, 1.54) is 5.56 Å². The third kappa shape index (κ3) is 2.50. The molecule has 0 saturated carbocycles. The maximum absolute atomic E-state index is 6.33. The quantitative estimate of drug-likeness (QED) is 0.575. The van der Waals surface area contributed by atoms with Crippen LogP contribution < -0.4 is 0 Å². The van der Waals surface area contributed by atoms with Crippen LogP contribution in [-0.4, -0.2) is 9.55 Å². The van der Waals surface area contributed by atoms with E-state index >= 15 is 0 Å². The van der Waals surface area contributed by atoms with Gasteiger partial charge in [-0.1, -0.05) is 41.4 Å². The Balaban J connectivity index is 2.22. The third-order valence-electron chi connectivity index (χ3n) is 3.76. The van der Waals surface area contributed by atoms with Crippen molar-refractivity contribution in [2.24, 2.45) is 0 Å². The first-order valence-corrected chi connectivity index (χ1v) is 7.80. The fourth-order valence-electron chi connectivity index (χ4n) is 2.66. The van der Waals surface area contributed by atoms with Gasteiger partial charge >= 0.3 is 0 Å². The highest BCUT2D eigenvalue weighted by Gasteiger charge is 2.16. The molecule has 1 atom stereocenters. The molecule has 1 unspecified atom stereocenters. The second-order valence-corrected chi connectivity index (χ2v) is 6.34. The monoisotopic (exact) mass is 336 g/mol. The highest BCUT2D eigenvalue weighted by atomic mass is 35.5. The number of hydrogen-bond acceptors (Lipinski definition) is 1. The van der Waals surface area contributed by atoms with Crippen molar-refractivity contribution in [3.63, 3.8) is 0 Å². The molecule has 108 valence electrons. The SMILES string of the molecule is Cc1cccc2c1[nH]c(=S)n2C(C)c1ccc(Cl)cc1Cl. The molecule has 0 bridgehead atoms. The Morgan fingerprint density at radius 2 is 1.95 bits per heavy atom. The standard InChI is InChI=1S/C16H14Cl2N2S/c1-9-4-3-5-14-15(9)19-16(21)20(14)10(2)12-7-6-11(17)8-13(12)18/h3-8,10H,1-2H3,(H,19,21). The first kappa shape index (κ1) is 14.6. The van der Waals surface area contributed by atoms with Gasteiger partial charge in [-0.3, -0.25) is 0 Å². The lowest BCUT2D eigenvalue weighted by molar-refractivity contribution is 0.649. The number of imidazole rings is 1. The minimum absolute atomic E-state index is 0.0258. The van der Waals surface area contributed by atoms with E-state index in [2.05, 4.69) is 35.5 Å². The van der Waals surface area contributed by atoms with Gasteiger partial charge in [0, 0.05) is 10.0 Å². The Labute approximate surface area is 138 Å². The second kappa shape index (κ2) is 5.48. The van der Waals surface area contributed by atoms with Crippen molar-refractivity contribution in [1.29, 1.82) is 0 Å². The number of H-pyrrole nitrogens is 1. The average Bonchev–Trinajstić information content (AvgIpc) is 2.76. The molecule has 2 nitrogen and oxygen atoms in total. The van der Waals surface area contributed by atoms with Crippen LogP contribution >= 0.6 is 35.4 Å². The molecule has 0 radical (unpaired) electrons. The van der Waals surface area contributed by atoms with E-state index in [4.69, 9.17) is 35.4 Å². The molecule has 3 aromatic rings. The molecule has 0 saturated heterocycles. The lowest BCUT2D eigenvalue weighted by atomic mass is 10.1. The van der Waals surface area contributed by atoms with E-state index in [1.54, 1.807) is 6.07 Å². The molecule has 1 heterocycles. The summed E-state index contributed by atoms with van der Waals surface area (Å²) < 4.78 is 2.78. The summed E-state index contributed by atoms with van der Waals surface area (Å²) in [6.07, 6.45) is 0. The Morgan fingerprint density at radius 1 is 1.19 bits per heavy atom. The average molecular weight is 337 g/mol. The summed E-state index contributed by atoms with van der Waals surface area (Å²) in [5, 5.41) is 1.29. The summed E-state index contributed by atoms with van der Waals surface area (Å²) in [4.78, 5) is 3.29. The zero-order chi connectivity index (χ0) is 15.1. The van der Waals surface area contributed by atoms with Gasteiger partial charge in [0.15, 0.2) is 4.77 Å². The van der Waals surface area contributed by atoms with Crippen molar-refractivity contribution < 1.29 is 0 Å². The number of rotatable bonds is 2. The van der Waals surface area contributed by atoms with Crippen LogP contribution in [0, 0.1) is 11.7 Å². The van der Waals surface area contributed by atoms with Gasteiger partial charge in [-0.2, -0.15) is 0 Å². The molecule has 0 aliphatic rings. The van der Waals surface area contributed by atoms with Gasteiger partial charge in [0.05, 0.1) is 17.1 Å². The molecule has 21 heavy (non-hydrogen) atoms. The predicted octanol–water partition coefficient (Wildman–Crippen LogP) is 5.92. The first-order valence-electron chi connectivity index (χ1n) is 6.64. The number of halogens is 2. The maximum Gasteiger partial charge on any atom is 0.178 e. The molecule has 0 aliphatic heterocycles. The predicted molar refractivity (Wildman–Crippen MR) is 92.1 cm³/mol. The van der Waals surface area contributed by atoms with E-state index in [1.807, 2.05) is 18.2 Å². The Hall–Kier alpha value is -1.29. The highest BCUT2D eigenvalue weighted by molar-refractivity contribution is 7.71. The van der Waals surface area contributed by atoms with Gasteiger partial charge in [0.2, 0.25) is 0 Å². The van der Waals surface area contributed by atoms with Gasteiger partial charge in [0.25, 0.3) is 0 Å². The van der Waals surface area contributed by atoms with Crippen molar-refractivity contribution >= 4 is 46.5 Å². The minimum Gasteiger partial charge on any atom is -0.330 e. The number of para-hydroxylation sites is 1. The third-order valence-corrected chi connectivity index (χ3v) is 4.62. The Bertz CT molecular complexity index is 880. The molecule has 2 aromatic carbocycles. The molecule has 0 amide bonds. The lowest BCUT2D eigenvalue weighted by Crippen LogP contribution is -2.07. The number of benzene rings is 2. The van der Waals surface area contributed by atoms with Gasteiger partial charge < -0.3 is 9.55 Å². The summed E-state index contributed by atoms with van der Waals surface area (Å²) >= 11 is 17.8. The molecule has 5 heteroatoms. The Morgan fingerprint density at radius 3 is 2.67 bits per heavy atom. The Kier molecular flexibility index (Phi) is 3.82. The van der Waals surface area contributed by atoms with Crippen LogP contribution in [0.5, 0.6) is 0 Å². The molecule has 1 aromatic heterocycles. The maximum atomic E-state index is 6.33. The normalized spacial score (nSPS) is 12.8. The highest BCUT2D eigenvalue weighted by Crippen LogP contribution is 2.31. The zero-order valence-electron chi connectivity index (χ0n) is 11.7. The van der Waals surface area contributed by atoms with Crippen molar-refractivity contribution in [2.75, 3.05) is 0 Å². The van der Waals surface area contributed by atoms with Crippen LogP contribution in [0.4, 0.5) is 0 Å². The largest absolute Gasteiger partial charge is 0.330 e. The molecule has 3 rings (SSSR count). The summed E-state index contributed by atoms with van der Waals surface area (Å²) in [6, 6.07) is 11.8. The zero-order valence-corrected chi connectivity index (χ0v) is 14.0. The van der Waals surface area contributed by atoms with E-state index in [-0.39, 0.29) is 6.04 Å². The fourth-order valence-corrected chi connectivity index (χ4v) is 3.58. The smallest absolute Gasteiger partial charge is 0.178 e. The topological polar surface area (TPSA) is 20.7 Å². The number of aryl methyl sites for hydroxylation is 1. The van der Waals surface area contributed by atoms with Crippen LogP contribution in [0.25, 0.3) is 11.0 Å². The number of nitrogens with zero attached hydrogens (tertiary/aromatic N) is 1. The number of aromatic amines is 1. The van der Waals surface area contributed by atoms with Gasteiger partial charge in [-0.05, 0) is 55.4 Å². The minimum atomic E-state index is 0.0258. The van der Waals surface area contributed by atoms with Crippen molar-refractivity contribution in [2.45, 2.75) is 19.9 Å². The van der Waals surface area contributed by atoms with Crippen molar-refractivity contribution in [1.82, 2.24) is 9.55 Å². The van der Waals surface area contributed by atoms with Crippen LogP contribution in [-0.2, 0) is 0 Å². The molecule has 1 N–H and O–H groups in total. The van der Waals surface area contributed by atoms with Crippen molar-refractivity contribution in [3.8, 4) is 0 Å². The second-order valence-electron chi connectivity index (χ2n) is 5.11. The lowest BCUT2D eigenvalue weighted by Gasteiger charge is -2.17. The first-order chi connectivity index (χ1) is 9.99. The molecule has 0 spiro atoms. The van der Waals surface area contributed by atoms with E-state index in [0.29, 0.717) is 14.8 Å². The van der Waals surface area contributed by atoms with Gasteiger partial charge in [-0.15, -0.1) is 0 Å². The fraction of sp³-hybridized carbons (Fsp3) is 0.188. The van der Waals surface area contributed by atoms with Gasteiger partial charge in [0.1, 0.15) is 0 Å². The number of aromatic nitrogens is 2. The summed E-state index contributed by atoms with van der Waals surface area (Å²) in [5.74, 6) is 0. The number of fused-ring (bicyclic) bond motifs is 1. The van der Waals surface area contributed by atoms with Crippen molar-refractivity contribution in [3.05, 3.63) is 62.3 Å². The summed E-state index contributed by atoms with van der Waals surface area (Å²) in [6.45, 7) is 4.15. The molecular formula is C16H14Cl2N2S. The van der Waals surface area contributed by atoms with Crippen LogP contribution in [0.2, 0.25) is 10.0 Å².